The van der Waals surface area contributed by atoms with E-state index in [9.17, 15) is 4.79 Å². The van der Waals surface area contributed by atoms with Crippen LogP contribution in [0, 0.1) is 0 Å². The molecule has 0 atom stereocenters. The van der Waals surface area contributed by atoms with Crippen molar-refractivity contribution in [2.24, 2.45) is 4.99 Å². The fraction of sp³-hybridized carbons (Fsp3) is 0.176. The Balaban J connectivity index is 1.82. The van der Waals surface area contributed by atoms with Crippen LogP contribution in [-0.4, -0.2) is 38.3 Å². The first-order valence-corrected chi connectivity index (χ1v) is 9.91. The lowest BCUT2D eigenvalue weighted by Crippen LogP contribution is -2.05. The summed E-state index contributed by atoms with van der Waals surface area (Å²) in [5.74, 6) is 0.709. The summed E-state index contributed by atoms with van der Waals surface area (Å²) in [5, 5.41) is 18.5. The predicted octanol–water partition coefficient (Wildman–Crippen LogP) is 4.33. The highest BCUT2D eigenvalue weighted by atomic mass is 79.9. The summed E-state index contributed by atoms with van der Waals surface area (Å²) in [5.41, 5.74) is 2.51. The summed E-state index contributed by atoms with van der Waals surface area (Å²) in [7, 11) is 0. The van der Waals surface area contributed by atoms with Gasteiger partial charge in [0.05, 0.1) is 12.3 Å². The third-order valence-corrected chi connectivity index (χ3v) is 6.02. The second-order valence-electron chi connectivity index (χ2n) is 5.66. The Morgan fingerprint density at radius 3 is 2.93 bits per heavy atom. The van der Waals surface area contributed by atoms with Gasteiger partial charge in [0.15, 0.2) is 5.82 Å². The van der Waals surface area contributed by atoms with Crippen molar-refractivity contribution in [2.45, 2.75) is 13.0 Å². The Bertz CT molecular complexity index is 1060. The number of rotatable bonds is 4. The molecule has 0 unspecified atom stereocenters. The molecule has 0 fully saturated rings. The number of carboxylic acid groups (broad SMARTS) is 1. The summed E-state index contributed by atoms with van der Waals surface area (Å²) >= 11 is 11.4. The van der Waals surface area contributed by atoms with Crippen LogP contribution in [0.1, 0.15) is 21.8 Å². The molecule has 2 aromatic heterocycles. The van der Waals surface area contributed by atoms with E-state index in [1.807, 2.05) is 34.9 Å². The van der Waals surface area contributed by atoms with Crippen molar-refractivity contribution in [2.75, 3.05) is 6.61 Å². The molecule has 0 amide bonds. The minimum absolute atomic E-state index is 0.0868. The maximum absolute atomic E-state index is 10.6. The molecule has 10 heteroatoms. The number of aromatic nitrogens is 3. The van der Waals surface area contributed by atoms with Gasteiger partial charge in [-0.2, -0.15) is 0 Å². The minimum atomic E-state index is -1.28. The average Bonchev–Trinajstić information content (AvgIpc) is 3.16. The van der Waals surface area contributed by atoms with E-state index < -0.39 is 6.16 Å². The molecular weight excluding hydrogens is 456 g/mol. The van der Waals surface area contributed by atoms with E-state index in [0.29, 0.717) is 28.5 Å². The zero-order chi connectivity index (χ0) is 19.0. The lowest BCUT2D eigenvalue weighted by molar-refractivity contribution is 0.0929. The van der Waals surface area contributed by atoms with E-state index in [2.05, 4.69) is 30.9 Å². The quantitative estimate of drug-likeness (QED) is 0.577. The number of hydrogen-bond acceptors (Lipinski definition) is 6. The first-order valence-electron chi connectivity index (χ1n) is 7.93. The van der Waals surface area contributed by atoms with Gasteiger partial charge in [0.1, 0.15) is 11.5 Å². The molecule has 0 aliphatic carbocycles. The molecule has 4 rings (SSSR count). The second kappa shape index (κ2) is 7.41. The second-order valence-corrected chi connectivity index (χ2v) is 7.89. The molecule has 0 saturated carbocycles. The Morgan fingerprint density at radius 1 is 1.33 bits per heavy atom. The molecule has 1 aliphatic heterocycles. The number of thiophene rings is 1. The molecule has 3 heterocycles. The SMILES string of the molecule is O=C(O)OCCc1cc2c(s1)-n1c(Br)nnc1CN=C2c1ccccc1Cl. The van der Waals surface area contributed by atoms with Crippen molar-refractivity contribution in [3.05, 3.63) is 61.9 Å². The van der Waals surface area contributed by atoms with Crippen molar-refractivity contribution < 1.29 is 14.6 Å². The van der Waals surface area contributed by atoms with Crippen LogP contribution in [0.15, 0.2) is 40.1 Å². The van der Waals surface area contributed by atoms with E-state index in [1.165, 1.54) is 11.3 Å². The molecule has 1 aliphatic rings. The number of aliphatic imine (C=N–C) groups is 1. The van der Waals surface area contributed by atoms with Crippen LogP contribution in [0.25, 0.3) is 5.00 Å². The molecular formula is C17H12BrClN4O3S. The zero-order valence-corrected chi connectivity index (χ0v) is 16.9. The van der Waals surface area contributed by atoms with Gasteiger partial charge in [-0.15, -0.1) is 21.5 Å². The van der Waals surface area contributed by atoms with E-state index >= 15 is 0 Å². The molecule has 0 saturated heterocycles. The Kier molecular flexibility index (Phi) is 4.98. The maximum atomic E-state index is 10.6. The highest BCUT2D eigenvalue weighted by Gasteiger charge is 2.25. The van der Waals surface area contributed by atoms with Crippen molar-refractivity contribution in [3.8, 4) is 5.00 Å². The van der Waals surface area contributed by atoms with Crippen molar-refractivity contribution >= 4 is 50.7 Å². The minimum Gasteiger partial charge on any atom is -0.450 e. The van der Waals surface area contributed by atoms with Gasteiger partial charge < -0.3 is 9.84 Å². The van der Waals surface area contributed by atoms with E-state index in [1.54, 1.807) is 0 Å². The first-order chi connectivity index (χ1) is 13.0. The van der Waals surface area contributed by atoms with E-state index in [4.69, 9.17) is 21.7 Å². The standard InChI is InChI=1S/C17H12BrClN4O3S/c18-16-22-21-13-8-20-14(10-3-1-2-4-12(10)19)11-7-9(5-6-26-17(24)25)27-15(11)23(13)16/h1-4,7H,5-6,8H2,(H,24,25). The number of hydrogen-bond donors (Lipinski definition) is 1. The van der Waals surface area contributed by atoms with Crippen molar-refractivity contribution in [1.29, 1.82) is 0 Å². The molecule has 138 valence electrons. The largest absolute Gasteiger partial charge is 0.505 e. The fourth-order valence-corrected chi connectivity index (χ4v) is 4.81. The predicted molar refractivity (Wildman–Crippen MR) is 105 cm³/mol. The van der Waals surface area contributed by atoms with Gasteiger partial charge in [-0.1, -0.05) is 29.8 Å². The molecule has 0 radical (unpaired) electrons. The van der Waals surface area contributed by atoms with Crippen LogP contribution in [0.5, 0.6) is 0 Å². The average molecular weight is 468 g/mol. The summed E-state index contributed by atoms with van der Waals surface area (Å²) < 4.78 is 7.14. The zero-order valence-electron chi connectivity index (χ0n) is 13.7. The van der Waals surface area contributed by atoms with Gasteiger partial charge in [0.25, 0.3) is 0 Å². The summed E-state index contributed by atoms with van der Waals surface area (Å²) in [6.45, 7) is 0.460. The van der Waals surface area contributed by atoms with E-state index in [0.717, 1.165) is 26.7 Å². The Morgan fingerprint density at radius 2 is 2.15 bits per heavy atom. The lowest BCUT2D eigenvalue weighted by atomic mass is 10.0. The van der Waals surface area contributed by atoms with Crippen LogP contribution in [0.4, 0.5) is 4.79 Å². The van der Waals surface area contributed by atoms with Crippen LogP contribution < -0.4 is 0 Å². The Labute approximate surface area is 171 Å². The third-order valence-electron chi connectivity index (χ3n) is 3.99. The number of nitrogens with zero attached hydrogens (tertiary/aromatic N) is 4. The summed E-state index contributed by atoms with van der Waals surface area (Å²) in [6.07, 6.45) is -0.815. The molecule has 7 nitrogen and oxygen atoms in total. The fourth-order valence-electron chi connectivity index (χ4n) is 2.85. The normalized spacial score (nSPS) is 12.7. The molecule has 0 spiro atoms. The maximum Gasteiger partial charge on any atom is 0.505 e. The van der Waals surface area contributed by atoms with Crippen LogP contribution in [-0.2, 0) is 17.7 Å². The number of ether oxygens (including phenoxy) is 1. The molecule has 1 N–H and O–H groups in total. The highest BCUT2D eigenvalue weighted by Crippen LogP contribution is 2.35. The summed E-state index contributed by atoms with van der Waals surface area (Å²) in [4.78, 5) is 16.3. The first kappa shape index (κ1) is 18.1. The highest BCUT2D eigenvalue weighted by molar-refractivity contribution is 9.10. The molecule has 3 aromatic rings. The third kappa shape index (κ3) is 3.50. The van der Waals surface area contributed by atoms with Gasteiger partial charge in [-0.25, -0.2) is 4.79 Å². The van der Waals surface area contributed by atoms with Gasteiger partial charge >= 0.3 is 6.16 Å². The molecule has 1 aromatic carbocycles. The van der Waals surface area contributed by atoms with E-state index in [-0.39, 0.29) is 6.61 Å². The van der Waals surface area contributed by atoms with Gasteiger partial charge in [-0.05, 0) is 28.1 Å². The summed E-state index contributed by atoms with van der Waals surface area (Å²) in [6, 6.07) is 9.54. The van der Waals surface area contributed by atoms with Crippen molar-refractivity contribution in [3.63, 3.8) is 0 Å². The number of fused-ring (bicyclic) bond motifs is 3. The van der Waals surface area contributed by atoms with Gasteiger partial charge in [0, 0.05) is 27.4 Å². The number of carbonyl (C=O) groups is 1. The van der Waals surface area contributed by atoms with Gasteiger partial charge in [-0.3, -0.25) is 9.56 Å². The lowest BCUT2D eigenvalue weighted by Gasteiger charge is -2.08. The molecule has 0 bridgehead atoms. The smallest absolute Gasteiger partial charge is 0.450 e. The monoisotopic (exact) mass is 466 g/mol. The van der Waals surface area contributed by atoms with Gasteiger partial charge in [0.2, 0.25) is 4.73 Å². The molecule has 27 heavy (non-hydrogen) atoms. The number of benzene rings is 1. The Hall–Kier alpha value is -2.23. The van der Waals surface area contributed by atoms with Crippen LogP contribution in [0.2, 0.25) is 5.02 Å². The number of halogens is 2. The van der Waals surface area contributed by atoms with Crippen LogP contribution in [0.3, 0.4) is 0 Å². The van der Waals surface area contributed by atoms with Crippen molar-refractivity contribution in [1.82, 2.24) is 14.8 Å². The van der Waals surface area contributed by atoms with Crippen LogP contribution >= 0.6 is 38.9 Å². The topological polar surface area (TPSA) is 89.6 Å².